The maximum atomic E-state index is 12.7. The molecule has 1 atom stereocenters. The number of hydrogen-bond donors (Lipinski definition) is 0. The maximum Gasteiger partial charge on any atom is 2.00 e. The molecule has 0 amide bonds. The van der Waals surface area contributed by atoms with Crippen molar-refractivity contribution in [2.75, 3.05) is 21.1 Å². The van der Waals surface area contributed by atoms with Gasteiger partial charge in [0.15, 0.2) is 0 Å². The molecule has 0 bridgehead atoms. The van der Waals surface area contributed by atoms with Crippen LogP contribution in [0.1, 0.15) is 37.8 Å². The smallest absolute Gasteiger partial charge is 0.377 e. The fourth-order valence-corrected chi connectivity index (χ4v) is 7.79. The third kappa shape index (κ3) is 10.5. The average molecular weight is 521 g/mol. The minimum absolute atomic E-state index is 0. The summed E-state index contributed by atoms with van der Waals surface area (Å²) in [4.78, 5) is 2.14. The molecule has 32 heavy (non-hydrogen) atoms. The second kappa shape index (κ2) is 12.1. The van der Waals surface area contributed by atoms with Crippen molar-refractivity contribution in [1.29, 1.82) is 0 Å². The molecule has 0 N–H and O–H groups in total. The number of fused-ring (bicyclic) bond motifs is 1. The molecule has 0 saturated heterocycles. The first kappa shape index (κ1) is 31.3. The minimum atomic E-state index is -1.78. The Bertz CT molecular complexity index is 848. The van der Waals surface area contributed by atoms with Crippen LogP contribution >= 0.6 is 0 Å². The van der Waals surface area contributed by atoms with Crippen LogP contribution in [0.25, 0.3) is 5.70 Å². The second-order valence-corrected chi connectivity index (χ2v) is 23.1. The van der Waals surface area contributed by atoms with Crippen molar-refractivity contribution in [1.82, 2.24) is 9.47 Å². The molecule has 0 aromatic heterocycles. The molecule has 2 rings (SSSR count). The molecule has 0 fully saturated rings. The summed E-state index contributed by atoms with van der Waals surface area (Å²) in [5.41, 5.74) is 10.6. The van der Waals surface area contributed by atoms with Gasteiger partial charge in [-0.25, -0.2) is 0 Å². The number of hydrogen-bond acceptors (Lipinski definition) is 2. The van der Waals surface area contributed by atoms with E-state index in [1.165, 1.54) is 16.8 Å². The van der Waals surface area contributed by atoms with E-state index >= 15 is 0 Å². The molecule has 0 aliphatic heterocycles. The van der Waals surface area contributed by atoms with Crippen LogP contribution in [0.2, 0.25) is 45.3 Å². The van der Waals surface area contributed by atoms with Crippen LogP contribution in [-0.2, 0) is 26.2 Å². The zero-order valence-corrected chi connectivity index (χ0v) is 27.0. The van der Waals surface area contributed by atoms with E-state index in [-0.39, 0.29) is 33.2 Å². The normalized spacial score (nSPS) is 15.1. The Balaban J connectivity index is 0.000000747. The van der Waals surface area contributed by atoms with Gasteiger partial charge in [-0.1, -0.05) is 69.6 Å². The molecule has 0 radical (unpaired) electrons. The van der Waals surface area contributed by atoms with Crippen molar-refractivity contribution >= 4 is 30.7 Å². The van der Waals surface area contributed by atoms with Gasteiger partial charge in [0, 0.05) is 49.9 Å². The Kier molecular flexibility index (Phi) is 11.9. The van der Waals surface area contributed by atoms with Crippen LogP contribution in [0.3, 0.4) is 0 Å². The van der Waals surface area contributed by atoms with Gasteiger partial charge < -0.3 is 13.9 Å². The number of rotatable bonds is 4. The summed E-state index contributed by atoms with van der Waals surface area (Å²) >= 11 is 0. The molecule has 1 aromatic carbocycles. The topological polar surface area (TPSA) is 23.6 Å². The van der Waals surface area contributed by atoms with Crippen LogP contribution in [0.15, 0.2) is 30.3 Å². The zero-order valence-electron chi connectivity index (χ0n) is 22.5. The van der Waals surface area contributed by atoms with Crippen LogP contribution in [0.5, 0.6) is 0 Å². The summed E-state index contributed by atoms with van der Waals surface area (Å²) in [5, 5.41) is 0. The average Bonchev–Trinajstić information content (AvgIpc) is 2.97. The van der Waals surface area contributed by atoms with E-state index in [9.17, 15) is 4.46 Å². The summed E-state index contributed by atoms with van der Waals surface area (Å²) in [6.07, 6.45) is 2.27. The molecule has 3 nitrogen and oxygen atoms in total. The third-order valence-corrected chi connectivity index (χ3v) is 9.27. The fourth-order valence-electron chi connectivity index (χ4n) is 3.06. The minimum Gasteiger partial charge on any atom is -0.377 e. The summed E-state index contributed by atoms with van der Waals surface area (Å²) in [7, 11) is 2.14. The Morgan fingerprint density at radius 1 is 0.938 bits per heavy atom. The van der Waals surface area contributed by atoms with Gasteiger partial charge >= 0.3 is 30.6 Å². The molecule has 0 heterocycles. The van der Waals surface area contributed by atoms with Crippen molar-refractivity contribution in [3.63, 3.8) is 0 Å². The van der Waals surface area contributed by atoms with Crippen molar-refractivity contribution in [3.8, 4) is 11.1 Å². The Morgan fingerprint density at radius 2 is 1.41 bits per heavy atom. The van der Waals surface area contributed by atoms with E-state index < -0.39 is 25.0 Å². The molecule has 1 aliphatic carbocycles. The second-order valence-electron chi connectivity index (χ2n) is 11.7. The largest absolute Gasteiger partial charge is 2.00 e. The molecule has 1 aliphatic rings. The molecule has 1 unspecified atom stereocenters. The quantitative estimate of drug-likeness (QED) is 0.355. The van der Waals surface area contributed by atoms with Gasteiger partial charge in [-0.2, -0.15) is 0 Å². The van der Waals surface area contributed by atoms with E-state index in [4.69, 9.17) is 0 Å². The van der Waals surface area contributed by atoms with Gasteiger partial charge in [-0.3, -0.25) is 0 Å². The standard InChI is InChI=1S/C17H26N2OSi.C8H18Si2.Ti/c1-17(2,3)19(6)21(20)12-13-11-16(18(4)5)15-10-8-7-9-14(13)15;1-9(2,3)7-8-10(4,5)6;/h7-11,13H,12H2,1-6H3;1-6H3;/q;;+2. The first-order chi connectivity index (χ1) is 13.9. The molecule has 0 spiro atoms. The molecule has 0 saturated carbocycles. The van der Waals surface area contributed by atoms with E-state index in [0.717, 1.165) is 0 Å². The molecule has 174 valence electrons. The molecular weight excluding hydrogens is 476 g/mol. The van der Waals surface area contributed by atoms with Crippen molar-refractivity contribution in [2.45, 2.75) is 77.6 Å². The summed E-state index contributed by atoms with van der Waals surface area (Å²) in [6, 6.07) is 9.18. The van der Waals surface area contributed by atoms with Crippen molar-refractivity contribution in [2.24, 2.45) is 0 Å². The van der Waals surface area contributed by atoms with Crippen molar-refractivity contribution in [3.05, 3.63) is 41.5 Å². The van der Waals surface area contributed by atoms with Crippen LogP contribution < -0.4 is 0 Å². The van der Waals surface area contributed by atoms with E-state index in [0.29, 0.717) is 6.04 Å². The predicted octanol–water partition coefficient (Wildman–Crippen LogP) is 6.08. The predicted molar refractivity (Wildman–Crippen MR) is 144 cm³/mol. The van der Waals surface area contributed by atoms with Gasteiger partial charge in [0.1, 0.15) is 16.1 Å². The van der Waals surface area contributed by atoms with Gasteiger partial charge in [0.25, 0.3) is 0 Å². The number of allylic oxidation sites excluding steroid dienone is 1. The van der Waals surface area contributed by atoms with E-state index in [1.54, 1.807) is 0 Å². The summed E-state index contributed by atoms with van der Waals surface area (Å²) in [5.74, 6) is 0.259. The molecular formula is C25H44N2OSi3Ti+2. The van der Waals surface area contributed by atoms with E-state index in [2.05, 4.69) is 120 Å². The molecule has 1 aromatic rings. The molecule has 7 heteroatoms. The SMILES string of the molecule is CN(C)C1=CC(C[Si](=O)N(C)C(C)(C)C)c2ccccc21.C[Si](C)(C)C#C[Si](C)(C)C.[Ti+2]. The van der Waals surface area contributed by atoms with Gasteiger partial charge in [-0.05, 0) is 26.3 Å². The summed E-state index contributed by atoms with van der Waals surface area (Å²) < 4.78 is 14.7. The summed E-state index contributed by atoms with van der Waals surface area (Å²) in [6.45, 7) is 20.1. The Morgan fingerprint density at radius 3 is 1.81 bits per heavy atom. The van der Waals surface area contributed by atoms with Crippen molar-refractivity contribution < 1.29 is 26.2 Å². The Labute approximate surface area is 216 Å². The first-order valence-electron chi connectivity index (χ1n) is 11.2. The van der Waals surface area contributed by atoms with Gasteiger partial charge in [0.2, 0.25) is 0 Å². The van der Waals surface area contributed by atoms with Crippen LogP contribution in [0.4, 0.5) is 0 Å². The van der Waals surface area contributed by atoms with E-state index in [1.807, 2.05) is 11.6 Å². The first-order valence-corrected chi connectivity index (χ1v) is 19.8. The Hall–Kier alpha value is -0.715. The monoisotopic (exact) mass is 520 g/mol. The van der Waals surface area contributed by atoms with Crippen LogP contribution in [-0.4, -0.2) is 61.1 Å². The van der Waals surface area contributed by atoms with Crippen LogP contribution in [0, 0.1) is 11.1 Å². The number of benzene rings is 1. The fraction of sp³-hybridized carbons (Fsp3) is 0.600. The zero-order chi connectivity index (χ0) is 24.2. The third-order valence-electron chi connectivity index (χ3n) is 5.06. The maximum absolute atomic E-state index is 12.7. The van der Waals surface area contributed by atoms with Gasteiger partial charge in [0.05, 0.1) is 0 Å². The number of nitrogens with zero attached hydrogens (tertiary/aromatic N) is 2. The van der Waals surface area contributed by atoms with Gasteiger partial charge in [-0.15, -0.1) is 11.1 Å².